The Bertz CT molecular complexity index is 796. The molecule has 2 aromatic carbocycles. The third kappa shape index (κ3) is 2.82. The predicted octanol–water partition coefficient (Wildman–Crippen LogP) is 2.55. The molecule has 23 heavy (non-hydrogen) atoms. The maximum atomic E-state index is 13.4. The first-order valence-electron chi connectivity index (χ1n) is 7.94. The van der Waals surface area contributed by atoms with E-state index in [1.54, 1.807) is 10.9 Å². The first kappa shape index (κ1) is 14.3. The molecule has 1 aliphatic heterocycles. The van der Waals surface area contributed by atoms with Gasteiger partial charge in [0, 0.05) is 6.54 Å². The van der Waals surface area contributed by atoms with Crippen LogP contribution in [0.25, 0.3) is 10.8 Å². The Labute approximate surface area is 133 Å². The van der Waals surface area contributed by atoms with E-state index < -0.39 is 0 Å². The summed E-state index contributed by atoms with van der Waals surface area (Å²) in [6.07, 6.45) is 3.75. The van der Waals surface area contributed by atoms with Gasteiger partial charge in [0.2, 0.25) is 0 Å². The van der Waals surface area contributed by atoms with Gasteiger partial charge in [-0.05, 0) is 65.1 Å². The largest absolute Gasteiger partial charge is 0.316 e. The molecule has 1 aromatic heterocycles. The number of aromatic nitrogens is 4. The lowest BCUT2D eigenvalue weighted by Gasteiger charge is -2.30. The molecule has 2 atom stereocenters. The van der Waals surface area contributed by atoms with Gasteiger partial charge in [-0.1, -0.05) is 18.2 Å². The van der Waals surface area contributed by atoms with Gasteiger partial charge in [-0.25, -0.2) is 4.39 Å². The molecule has 1 unspecified atom stereocenters. The Balaban J connectivity index is 1.77. The van der Waals surface area contributed by atoms with Crippen molar-refractivity contribution in [2.45, 2.75) is 18.9 Å². The summed E-state index contributed by atoms with van der Waals surface area (Å²) >= 11 is 0. The molecule has 118 valence electrons. The standard InChI is InChI=1S/C17H18FN5/c18-16-6-5-12-8-14(4-3-13(12)9-16)17(23-21-11-20-22-23)15-2-1-7-19-10-15/h3-6,8-9,11,15,17,19H,1-2,7,10H2/t15?,17-/m1/s1. The molecular formula is C17H18FN5. The number of tetrazole rings is 1. The second kappa shape index (κ2) is 6.04. The third-order valence-electron chi connectivity index (χ3n) is 4.56. The molecule has 0 aliphatic carbocycles. The van der Waals surface area contributed by atoms with Crippen molar-refractivity contribution in [2.75, 3.05) is 13.1 Å². The van der Waals surface area contributed by atoms with Crippen molar-refractivity contribution in [1.29, 1.82) is 0 Å². The molecule has 0 radical (unpaired) electrons. The molecule has 4 rings (SSSR count). The van der Waals surface area contributed by atoms with Crippen LogP contribution in [-0.2, 0) is 0 Å². The summed E-state index contributed by atoms with van der Waals surface area (Å²) in [7, 11) is 0. The van der Waals surface area contributed by atoms with Crippen LogP contribution in [0.2, 0.25) is 0 Å². The Morgan fingerprint density at radius 1 is 1.17 bits per heavy atom. The van der Waals surface area contributed by atoms with Crippen LogP contribution < -0.4 is 5.32 Å². The normalized spacial score (nSPS) is 19.8. The predicted molar refractivity (Wildman–Crippen MR) is 85.5 cm³/mol. The van der Waals surface area contributed by atoms with Gasteiger partial charge in [-0.15, -0.1) is 10.2 Å². The van der Waals surface area contributed by atoms with E-state index in [1.807, 2.05) is 18.2 Å². The number of hydrogen-bond donors (Lipinski definition) is 1. The molecule has 3 aromatic rings. The molecule has 0 saturated carbocycles. The van der Waals surface area contributed by atoms with Gasteiger partial charge in [-0.2, -0.15) is 4.80 Å². The summed E-state index contributed by atoms with van der Waals surface area (Å²) in [4.78, 5) is 1.70. The minimum Gasteiger partial charge on any atom is -0.316 e. The van der Waals surface area contributed by atoms with Crippen LogP contribution >= 0.6 is 0 Å². The minimum absolute atomic E-state index is 0.0414. The molecule has 5 nitrogen and oxygen atoms in total. The highest BCUT2D eigenvalue weighted by molar-refractivity contribution is 5.83. The number of benzene rings is 2. The topological polar surface area (TPSA) is 55.6 Å². The second-order valence-corrected chi connectivity index (χ2v) is 6.06. The monoisotopic (exact) mass is 311 g/mol. The highest BCUT2D eigenvalue weighted by Gasteiger charge is 2.28. The van der Waals surface area contributed by atoms with Crippen LogP contribution in [0.4, 0.5) is 4.39 Å². The zero-order valence-electron chi connectivity index (χ0n) is 12.7. The molecule has 1 saturated heterocycles. The zero-order chi connectivity index (χ0) is 15.6. The van der Waals surface area contributed by atoms with Gasteiger partial charge in [0.05, 0.1) is 0 Å². The van der Waals surface area contributed by atoms with Gasteiger partial charge in [0.15, 0.2) is 6.33 Å². The lowest BCUT2D eigenvalue weighted by atomic mass is 9.87. The molecule has 0 spiro atoms. The maximum absolute atomic E-state index is 13.4. The quantitative estimate of drug-likeness (QED) is 0.807. The van der Waals surface area contributed by atoms with Crippen LogP contribution in [0.15, 0.2) is 42.7 Å². The number of piperidine rings is 1. The smallest absolute Gasteiger partial charge is 0.162 e. The summed E-state index contributed by atoms with van der Waals surface area (Å²) in [6, 6.07) is 11.0. The van der Waals surface area contributed by atoms with Gasteiger partial charge in [-0.3, -0.25) is 0 Å². The minimum atomic E-state index is -0.212. The van der Waals surface area contributed by atoms with Crippen molar-refractivity contribution in [1.82, 2.24) is 25.5 Å². The van der Waals surface area contributed by atoms with E-state index in [2.05, 4.69) is 26.8 Å². The number of rotatable bonds is 3. The van der Waals surface area contributed by atoms with Crippen molar-refractivity contribution in [3.05, 3.63) is 54.1 Å². The fourth-order valence-corrected chi connectivity index (χ4v) is 3.46. The molecule has 1 N–H and O–H groups in total. The molecule has 0 amide bonds. The van der Waals surface area contributed by atoms with Crippen LogP contribution in [-0.4, -0.2) is 33.3 Å². The molecule has 6 heteroatoms. The number of hydrogen-bond acceptors (Lipinski definition) is 4. The lowest BCUT2D eigenvalue weighted by Crippen LogP contribution is -2.36. The molecule has 1 fully saturated rings. The summed E-state index contributed by atoms with van der Waals surface area (Å²) < 4.78 is 13.4. The summed E-state index contributed by atoms with van der Waals surface area (Å²) in [6.45, 7) is 2.00. The first-order chi connectivity index (χ1) is 11.3. The summed E-state index contributed by atoms with van der Waals surface area (Å²) in [5, 5.41) is 17.7. The van der Waals surface area contributed by atoms with Crippen LogP contribution in [0.5, 0.6) is 0 Å². The molecular weight excluding hydrogens is 293 g/mol. The molecule has 0 bridgehead atoms. The second-order valence-electron chi connectivity index (χ2n) is 6.06. The van der Waals surface area contributed by atoms with E-state index in [9.17, 15) is 4.39 Å². The fraction of sp³-hybridized carbons (Fsp3) is 0.353. The van der Waals surface area contributed by atoms with Crippen molar-refractivity contribution in [3.63, 3.8) is 0 Å². The molecule has 1 aliphatic rings. The average molecular weight is 311 g/mol. The van der Waals surface area contributed by atoms with Crippen molar-refractivity contribution < 1.29 is 4.39 Å². The van der Waals surface area contributed by atoms with Crippen molar-refractivity contribution in [2.24, 2.45) is 5.92 Å². The van der Waals surface area contributed by atoms with E-state index >= 15 is 0 Å². The van der Waals surface area contributed by atoms with Gasteiger partial charge >= 0.3 is 0 Å². The van der Waals surface area contributed by atoms with E-state index in [-0.39, 0.29) is 11.9 Å². The third-order valence-corrected chi connectivity index (χ3v) is 4.56. The zero-order valence-corrected chi connectivity index (χ0v) is 12.7. The van der Waals surface area contributed by atoms with Crippen LogP contribution in [0, 0.1) is 11.7 Å². The van der Waals surface area contributed by atoms with E-state index in [0.29, 0.717) is 5.92 Å². The number of nitrogens with zero attached hydrogens (tertiary/aromatic N) is 4. The fourth-order valence-electron chi connectivity index (χ4n) is 3.46. The summed E-state index contributed by atoms with van der Waals surface area (Å²) in [5.41, 5.74) is 1.14. The van der Waals surface area contributed by atoms with Gasteiger partial charge in [0.25, 0.3) is 0 Å². The molecule has 2 heterocycles. The van der Waals surface area contributed by atoms with Crippen LogP contribution in [0.1, 0.15) is 24.4 Å². The van der Waals surface area contributed by atoms with E-state index in [4.69, 9.17) is 0 Å². The highest BCUT2D eigenvalue weighted by Crippen LogP contribution is 2.31. The Kier molecular flexibility index (Phi) is 3.75. The highest BCUT2D eigenvalue weighted by atomic mass is 19.1. The Hall–Kier alpha value is -2.34. The van der Waals surface area contributed by atoms with Crippen molar-refractivity contribution >= 4 is 10.8 Å². The SMILES string of the molecule is Fc1ccc2cc([C@H](C3CCCNC3)n3ncnn3)ccc2c1. The van der Waals surface area contributed by atoms with Crippen molar-refractivity contribution in [3.8, 4) is 0 Å². The number of fused-ring (bicyclic) bond motifs is 1. The Morgan fingerprint density at radius 2 is 2.04 bits per heavy atom. The van der Waals surface area contributed by atoms with E-state index in [1.165, 1.54) is 12.4 Å². The number of halogens is 1. The number of nitrogens with one attached hydrogen (secondary N) is 1. The van der Waals surface area contributed by atoms with Gasteiger partial charge in [0.1, 0.15) is 11.9 Å². The maximum Gasteiger partial charge on any atom is 0.162 e. The van der Waals surface area contributed by atoms with Crippen LogP contribution in [0.3, 0.4) is 0 Å². The Morgan fingerprint density at radius 3 is 2.83 bits per heavy atom. The van der Waals surface area contributed by atoms with E-state index in [0.717, 1.165) is 42.3 Å². The average Bonchev–Trinajstić information content (AvgIpc) is 3.10. The summed E-state index contributed by atoms with van der Waals surface area (Å²) in [5.74, 6) is 0.201. The first-order valence-corrected chi connectivity index (χ1v) is 7.94. The lowest BCUT2D eigenvalue weighted by molar-refractivity contribution is 0.261. The van der Waals surface area contributed by atoms with Gasteiger partial charge < -0.3 is 5.32 Å².